The monoisotopic (exact) mass is 249 g/mol. The maximum atomic E-state index is 5.17. The molecule has 19 heavy (non-hydrogen) atoms. The molecule has 2 heteroatoms. The van der Waals surface area contributed by atoms with E-state index in [-0.39, 0.29) is 0 Å². The van der Waals surface area contributed by atoms with Crippen LogP contribution >= 0.6 is 0 Å². The number of benzene rings is 2. The van der Waals surface area contributed by atoms with Crippen molar-refractivity contribution < 1.29 is 4.74 Å². The van der Waals surface area contributed by atoms with E-state index in [2.05, 4.69) is 35.3 Å². The number of ether oxygens (including phenoxy) is 1. The number of rotatable bonds is 2. The molecule has 0 saturated carbocycles. The zero-order valence-electron chi connectivity index (χ0n) is 10.8. The molecule has 0 spiro atoms. The highest BCUT2D eigenvalue weighted by atomic mass is 16.5. The standard InChI is InChI=1S/C17H15NO/c1-19-15-8-6-13(7-9-15)12-17-16-5-3-2-4-14(16)10-11-18-17/h2-9,11-12H,10H2,1H3. The molecule has 0 fully saturated rings. The summed E-state index contributed by atoms with van der Waals surface area (Å²) in [6.45, 7) is 0. The Morgan fingerprint density at radius 3 is 2.63 bits per heavy atom. The van der Waals surface area contributed by atoms with Crippen LogP contribution in [-0.4, -0.2) is 13.3 Å². The van der Waals surface area contributed by atoms with Crippen LogP contribution in [0.5, 0.6) is 5.75 Å². The zero-order valence-corrected chi connectivity index (χ0v) is 10.8. The molecule has 3 rings (SSSR count). The summed E-state index contributed by atoms with van der Waals surface area (Å²) in [4.78, 5) is 4.51. The van der Waals surface area contributed by atoms with E-state index in [4.69, 9.17) is 4.74 Å². The molecule has 0 amide bonds. The summed E-state index contributed by atoms with van der Waals surface area (Å²) in [6, 6.07) is 16.4. The predicted octanol–water partition coefficient (Wildman–Crippen LogP) is 3.82. The van der Waals surface area contributed by atoms with Gasteiger partial charge in [0.2, 0.25) is 0 Å². The molecule has 0 radical (unpaired) electrons. The minimum absolute atomic E-state index is 0.870. The Morgan fingerprint density at radius 1 is 1.05 bits per heavy atom. The first kappa shape index (κ1) is 11.7. The fourth-order valence-corrected chi connectivity index (χ4v) is 2.23. The van der Waals surface area contributed by atoms with E-state index in [1.54, 1.807) is 7.11 Å². The van der Waals surface area contributed by atoms with Gasteiger partial charge in [0, 0.05) is 18.2 Å². The Labute approximate surface area is 113 Å². The van der Waals surface area contributed by atoms with Crippen molar-refractivity contribution in [3.05, 3.63) is 65.2 Å². The molecule has 1 aliphatic heterocycles. The molecule has 0 aliphatic carbocycles. The zero-order chi connectivity index (χ0) is 13.1. The predicted molar refractivity (Wildman–Crippen MR) is 79.5 cm³/mol. The number of nitrogens with zero attached hydrogens (tertiary/aromatic N) is 1. The lowest BCUT2D eigenvalue weighted by atomic mass is 9.99. The average Bonchev–Trinajstić information content (AvgIpc) is 2.48. The van der Waals surface area contributed by atoms with Crippen LogP contribution in [0.15, 0.2) is 53.5 Å². The highest BCUT2D eigenvalue weighted by molar-refractivity contribution is 5.89. The van der Waals surface area contributed by atoms with Gasteiger partial charge in [-0.15, -0.1) is 0 Å². The first-order valence-corrected chi connectivity index (χ1v) is 6.33. The normalized spacial score (nSPS) is 15.3. The van der Waals surface area contributed by atoms with Gasteiger partial charge < -0.3 is 4.74 Å². The van der Waals surface area contributed by atoms with E-state index in [1.165, 1.54) is 11.1 Å². The van der Waals surface area contributed by atoms with Crippen molar-refractivity contribution in [1.82, 2.24) is 0 Å². The van der Waals surface area contributed by atoms with Gasteiger partial charge in [0.1, 0.15) is 5.75 Å². The van der Waals surface area contributed by atoms with E-state index in [9.17, 15) is 0 Å². The number of aliphatic imine (C=N–C) groups is 1. The molecule has 0 unspecified atom stereocenters. The van der Waals surface area contributed by atoms with Crippen LogP contribution in [0.4, 0.5) is 0 Å². The van der Waals surface area contributed by atoms with Crippen molar-refractivity contribution in [1.29, 1.82) is 0 Å². The highest BCUT2D eigenvalue weighted by Gasteiger charge is 2.09. The van der Waals surface area contributed by atoms with Gasteiger partial charge in [0.25, 0.3) is 0 Å². The largest absolute Gasteiger partial charge is 0.497 e. The van der Waals surface area contributed by atoms with E-state index in [0.29, 0.717) is 0 Å². The van der Waals surface area contributed by atoms with Crippen molar-refractivity contribution in [3.8, 4) is 5.75 Å². The second kappa shape index (κ2) is 5.11. The third-order valence-corrected chi connectivity index (χ3v) is 3.25. The molecule has 1 heterocycles. The lowest BCUT2D eigenvalue weighted by Crippen LogP contribution is -1.99. The fourth-order valence-electron chi connectivity index (χ4n) is 2.23. The fraction of sp³-hybridized carbons (Fsp3) is 0.118. The highest BCUT2D eigenvalue weighted by Crippen LogP contribution is 2.26. The van der Waals surface area contributed by atoms with Crippen LogP contribution in [0.25, 0.3) is 11.8 Å². The summed E-state index contributed by atoms with van der Waals surface area (Å²) < 4.78 is 5.17. The van der Waals surface area contributed by atoms with E-state index in [0.717, 1.165) is 23.4 Å². The Kier molecular flexibility index (Phi) is 3.15. The third kappa shape index (κ3) is 2.43. The molecule has 1 aliphatic rings. The smallest absolute Gasteiger partial charge is 0.118 e. The van der Waals surface area contributed by atoms with Gasteiger partial charge >= 0.3 is 0 Å². The Morgan fingerprint density at radius 2 is 1.84 bits per heavy atom. The molecule has 2 aromatic carbocycles. The summed E-state index contributed by atoms with van der Waals surface area (Å²) in [5.74, 6) is 0.870. The van der Waals surface area contributed by atoms with Crippen LogP contribution in [0.2, 0.25) is 0 Å². The topological polar surface area (TPSA) is 21.6 Å². The molecule has 0 N–H and O–H groups in total. The quantitative estimate of drug-likeness (QED) is 0.792. The minimum Gasteiger partial charge on any atom is -0.497 e. The molecule has 94 valence electrons. The maximum Gasteiger partial charge on any atom is 0.118 e. The molecule has 0 bridgehead atoms. The Balaban J connectivity index is 1.98. The summed E-state index contributed by atoms with van der Waals surface area (Å²) >= 11 is 0. The third-order valence-electron chi connectivity index (χ3n) is 3.25. The number of hydrogen-bond donors (Lipinski definition) is 0. The molecule has 0 aromatic heterocycles. The van der Waals surface area contributed by atoms with Crippen molar-refractivity contribution in [2.75, 3.05) is 7.11 Å². The van der Waals surface area contributed by atoms with Crippen LogP contribution in [0.1, 0.15) is 16.7 Å². The lowest BCUT2D eigenvalue weighted by Gasteiger charge is -2.13. The van der Waals surface area contributed by atoms with Gasteiger partial charge in [-0.1, -0.05) is 36.4 Å². The summed E-state index contributed by atoms with van der Waals surface area (Å²) in [5.41, 5.74) is 4.70. The summed E-state index contributed by atoms with van der Waals surface area (Å²) in [7, 11) is 1.68. The van der Waals surface area contributed by atoms with Crippen LogP contribution in [0, 0.1) is 0 Å². The average molecular weight is 249 g/mol. The van der Waals surface area contributed by atoms with E-state index < -0.39 is 0 Å². The molecule has 2 aromatic rings. The molecule has 0 atom stereocenters. The van der Waals surface area contributed by atoms with Crippen molar-refractivity contribution in [3.63, 3.8) is 0 Å². The van der Waals surface area contributed by atoms with Gasteiger partial charge in [-0.25, -0.2) is 0 Å². The van der Waals surface area contributed by atoms with E-state index >= 15 is 0 Å². The SMILES string of the molecule is COc1ccc(C=C2N=CCc3ccccc32)cc1. The molecule has 2 nitrogen and oxygen atoms in total. The second-order valence-corrected chi connectivity index (χ2v) is 4.48. The van der Waals surface area contributed by atoms with Crippen LogP contribution < -0.4 is 4.74 Å². The summed E-state index contributed by atoms with van der Waals surface area (Å²) in [5, 5.41) is 0. The van der Waals surface area contributed by atoms with Crippen LogP contribution in [0.3, 0.4) is 0 Å². The first-order valence-electron chi connectivity index (χ1n) is 6.33. The molecular weight excluding hydrogens is 234 g/mol. The Hall–Kier alpha value is -2.35. The van der Waals surface area contributed by atoms with Gasteiger partial charge in [-0.2, -0.15) is 0 Å². The first-order chi connectivity index (χ1) is 9.36. The number of methoxy groups -OCH3 is 1. The molecule has 0 saturated heterocycles. The minimum atomic E-state index is 0.870. The van der Waals surface area contributed by atoms with Crippen molar-refractivity contribution in [2.45, 2.75) is 6.42 Å². The Bertz CT molecular complexity index is 639. The van der Waals surface area contributed by atoms with Crippen LogP contribution in [-0.2, 0) is 6.42 Å². The van der Waals surface area contributed by atoms with Gasteiger partial charge in [0.15, 0.2) is 0 Å². The van der Waals surface area contributed by atoms with Crippen molar-refractivity contribution in [2.24, 2.45) is 4.99 Å². The number of fused-ring (bicyclic) bond motifs is 1. The van der Waals surface area contributed by atoms with E-state index in [1.807, 2.05) is 30.5 Å². The van der Waals surface area contributed by atoms with Gasteiger partial charge in [0.05, 0.1) is 12.8 Å². The summed E-state index contributed by atoms with van der Waals surface area (Å²) in [6.07, 6.45) is 4.99. The van der Waals surface area contributed by atoms with Gasteiger partial charge in [-0.05, 0) is 29.3 Å². The van der Waals surface area contributed by atoms with Crippen molar-refractivity contribution >= 4 is 18.0 Å². The lowest BCUT2D eigenvalue weighted by molar-refractivity contribution is 0.415. The maximum absolute atomic E-state index is 5.17. The number of hydrogen-bond acceptors (Lipinski definition) is 2. The second-order valence-electron chi connectivity index (χ2n) is 4.48. The molecular formula is C17H15NO. The van der Waals surface area contributed by atoms with Gasteiger partial charge in [-0.3, -0.25) is 4.99 Å².